The molecule has 0 saturated heterocycles. The number of anilines is 2. The molecular weight excluding hydrogens is 403 g/mol. The number of ether oxygens (including phenoxy) is 2. The van der Waals surface area contributed by atoms with Crippen LogP contribution in [-0.4, -0.2) is 29.3 Å². The van der Waals surface area contributed by atoms with Gasteiger partial charge in [0.05, 0.1) is 24.9 Å². The molecule has 4 aromatic rings. The van der Waals surface area contributed by atoms with Crippen LogP contribution in [0.2, 0.25) is 10.0 Å². The van der Waals surface area contributed by atoms with E-state index < -0.39 is 0 Å². The van der Waals surface area contributed by atoms with Crippen molar-refractivity contribution in [1.82, 2.24) is 15.1 Å². The third-order valence-electron chi connectivity index (χ3n) is 4.12. The van der Waals surface area contributed by atoms with Gasteiger partial charge in [0, 0.05) is 16.7 Å². The molecule has 0 radical (unpaired) electrons. The first-order chi connectivity index (χ1) is 13.6. The molecule has 142 valence electrons. The third kappa shape index (κ3) is 3.30. The summed E-state index contributed by atoms with van der Waals surface area (Å²) in [5, 5.41) is 9.05. The number of rotatable bonds is 5. The highest BCUT2D eigenvalue weighted by atomic mass is 35.5. The zero-order valence-electron chi connectivity index (χ0n) is 14.9. The van der Waals surface area contributed by atoms with Gasteiger partial charge in [-0.25, -0.2) is 4.98 Å². The lowest BCUT2D eigenvalue weighted by molar-refractivity contribution is 0.396. The molecule has 0 fully saturated rings. The van der Waals surface area contributed by atoms with E-state index in [1.165, 1.54) is 13.4 Å². The molecule has 0 aliphatic heterocycles. The van der Waals surface area contributed by atoms with Crippen LogP contribution in [0.1, 0.15) is 0 Å². The van der Waals surface area contributed by atoms with Crippen LogP contribution < -0.4 is 14.8 Å². The summed E-state index contributed by atoms with van der Waals surface area (Å²) in [5.74, 6) is 1.54. The van der Waals surface area contributed by atoms with Gasteiger partial charge in [0.2, 0.25) is 0 Å². The van der Waals surface area contributed by atoms with E-state index in [4.69, 9.17) is 37.2 Å². The smallest absolute Gasteiger partial charge is 0.263 e. The molecule has 2 heterocycles. The van der Waals surface area contributed by atoms with Crippen LogP contribution in [0.15, 0.2) is 47.2 Å². The number of fused-ring (bicyclic) bond motifs is 1. The second kappa shape index (κ2) is 7.53. The summed E-state index contributed by atoms with van der Waals surface area (Å²) in [7, 11) is 3.10. The summed E-state index contributed by atoms with van der Waals surface area (Å²) in [6.45, 7) is 0. The number of hydrogen-bond acceptors (Lipinski definition) is 7. The van der Waals surface area contributed by atoms with Gasteiger partial charge in [-0.15, -0.1) is 0 Å². The Hall–Kier alpha value is -3.03. The van der Waals surface area contributed by atoms with E-state index >= 15 is 0 Å². The van der Waals surface area contributed by atoms with E-state index in [2.05, 4.69) is 20.4 Å². The minimum atomic E-state index is 0.348. The predicted octanol–water partition coefficient (Wildman–Crippen LogP) is 5.35. The molecule has 0 amide bonds. The molecule has 9 heteroatoms. The molecule has 0 aliphatic rings. The minimum absolute atomic E-state index is 0.348. The second-order valence-corrected chi connectivity index (χ2v) is 6.60. The lowest BCUT2D eigenvalue weighted by Crippen LogP contribution is -1.99. The summed E-state index contributed by atoms with van der Waals surface area (Å²) >= 11 is 12.3. The Balaban J connectivity index is 1.83. The van der Waals surface area contributed by atoms with Crippen molar-refractivity contribution >= 4 is 45.8 Å². The van der Waals surface area contributed by atoms with Crippen LogP contribution in [0.5, 0.6) is 11.5 Å². The summed E-state index contributed by atoms with van der Waals surface area (Å²) in [5.41, 5.74) is 2.37. The molecule has 28 heavy (non-hydrogen) atoms. The van der Waals surface area contributed by atoms with Gasteiger partial charge in [0.15, 0.2) is 0 Å². The van der Waals surface area contributed by atoms with Crippen molar-refractivity contribution in [1.29, 1.82) is 0 Å². The van der Waals surface area contributed by atoms with Crippen molar-refractivity contribution in [2.75, 3.05) is 19.5 Å². The standard InChI is InChI=1S/C19H14Cl2N4O3/c1-26-14-8-15(27-2)13(7-12(14)21)24-18-16-17(10-3-5-11(20)6-4-10)25-28-19(16)23-9-22-18/h3-9H,1-2H3,(H,22,23,24). The summed E-state index contributed by atoms with van der Waals surface area (Å²) in [4.78, 5) is 8.50. The maximum absolute atomic E-state index is 6.27. The number of aromatic nitrogens is 3. The second-order valence-electron chi connectivity index (χ2n) is 5.75. The Bertz CT molecular complexity index is 1150. The van der Waals surface area contributed by atoms with Crippen LogP contribution in [-0.2, 0) is 0 Å². The van der Waals surface area contributed by atoms with Crippen LogP contribution >= 0.6 is 23.2 Å². The molecule has 0 saturated carbocycles. The number of hydrogen-bond donors (Lipinski definition) is 1. The lowest BCUT2D eigenvalue weighted by atomic mass is 10.1. The largest absolute Gasteiger partial charge is 0.495 e. The Morgan fingerprint density at radius 1 is 0.964 bits per heavy atom. The number of methoxy groups -OCH3 is 2. The molecule has 2 aromatic heterocycles. The summed E-state index contributed by atoms with van der Waals surface area (Å²) < 4.78 is 16.1. The first kappa shape index (κ1) is 18.3. The molecule has 0 atom stereocenters. The third-order valence-corrected chi connectivity index (χ3v) is 4.66. The zero-order valence-corrected chi connectivity index (χ0v) is 16.4. The van der Waals surface area contributed by atoms with Gasteiger partial charge in [-0.05, 0) is 18.2 Å². The van der Waals surface area contributed by atoms with Crippen molar-refractivity contribution in [3.63, 3.8) is 0 Å². The van der Waals surface area contributed by atoms with E-state index in [0.717, 1.165) is 5.56 Å². The average molecular weight is 417 g/mol. The fourth-order valence-electron chi connectivity index (χ4n) is 2.77. The minimum Gasteiger partial charge on any atom is -0.495 e. The van der Waals surface area contributed by atoms with Crippen molar-refractivity contribution in [2.45, 2.75) is 0 Å². The van der Waals surface area contributed by atoms with Crippen molar-refractivity contribution in [3.05, 3.63) is 52.8 Å². The maximum atomic E-state index is 6.27. The molecule has 4 rings (SSSR count). The van der Waals surface area contributed by atoms with E-state index in [-0.39, 0.29) is 0 Å². The Morgan fingerprint density at radius 3 is 2.43 bits per heavy atom. The molecular formula is C19H14Cl2N4O3. The number of benzene rings is 2. The number of nitrogens with zero attached hydrogens (tertiary/aromatic N) is 3. The number of nitrogens with one attached hydrogen (secondary N) is 1. The van der Waals surface area contributed by atoms with E-state index in [1.807, 2.05) is 12.1 Å². The molecule has 0 spiro atoms. The molecule has 0 aliphatic carbocycles. The monoisotopic (exact) mass is 416 g/mol. The first-order valence-electron chi connectivity index (χ1n) is 8.15. The molecule has 7 nitrogen and oxygen atoms in total. The van der Waals surface area contributed by atoms with Crippen LogP contribution in [0.25, 0.3) is 22.4 Å². The maximum Gasteiger partial charge on any atom is 0.263 e. The van der Waals surface area contributed by atoms with Gasteiger partial charge in [-0.3, -0.25) is 0 Å². The predicted molar refractivity (Wildman–Crippen MR) is 108 cm³/mol. The van der Waals surface area contributed by atoms with Crippen molar-refractivity contribution in [3.8, 4) is 22.8 Å². The highest BCUT2D eigenvalue weighted by Crippen LogP contribution is 2.39. The summed E-state index contributed by atoms with van der Waals surface area (Å²) in [6.07, 6.45) is 1.39. The van der Waals surface area contributed by atoms with Crippen LogP contribution in [0, 0.1) is 0 Å². The van der Waals surface area contributed by atoms with Gasteiger partial charge in [-0.2, -0.15) is 4.98 Å². The Kier molecular flexibility index (Phi) is 4.93. The topological polar surface area (TPSA) is 82.3 Å². The Labute approximate surface area is 170 Å². The van der Waals surface area contributed by atoms with Gasteiger partial charge in [0.1, 0.15) is 34.7 Å². The Morgan fingerprint density at radius 2 is 1.71 bits per heavy atom. The van der Waals surface area contributed by atoms with E-state index in [1.54, 1.807) is 31.4 Å². The SMILES string of the molecule is COc1cc(OC)c(Nc2ncnc3onc(-c4ccc(Cl)cc4)c23)cc1Cl. The van der Waals surface area contributed by atoms with Crippen molar-refractivity contribution in [2.24, 2.45) is 0 Å². The van der Waals surface area contributed by atoms with Crippen LogP contribution in [0.4, 0.5) is 11.5 Å². The van der Waals surface area contributed by atoms with Gasteiger partial charge < -0.3 is 19.3 Å². The lowest BCUT2D eigenvalue weighted by Gasteiger charge is -2.13. The zero-order chi connectivity index (χ0) is 19.7. The van der Waals surface area contributed by atoms with Crippen LogP contribution in [0.3, 0.4) is 0 Å². The molecule has 1 N–H and O–H groups in total. The number of halogens is 2. The van der Waals surface area contributed by atoms with Gasteiger partial charge in [-0.1, -0.05) is 40.5 Å². The first-order valence-corrected chi connectivity index (χ1v) is 8.91. The highest BCUT2D eigenvalue weighted by Gasteiger charge is 2.19. The van der Waals surface area contributed by atoms with Gasteiger partial charge in [0.25, 0.3) is 5.71 Å². The summed E-state index contributed by atoms with van der Waals surface area (Å²) in [6, 6.07) is 10.6. The quantitative estimate of drug-likeness (QED) is 0.469. The van der Waals surface area contributed by atoms with Gasteiger partial charge >= 0.3 is 0 Å². The highest BCUT2D eigenvalue weighted by molar-refractivity contribution is 6.32. The van der Waals surface area contributed by atoms with Crippen molar-refractivity contribution < 1.29 is 14.0 Å². The molecule has 0 bridgehead atoms. The van der Waals surface area contributed by atoms with E-state index in [9.17, 15) is 0 Å². The fourth-order valence-corrected chi connectivity index (χ4v) is 3.14. The fraction of sp³-hybridized carbons (Fsp3) is 0.105. The normalized spacial score (nSPS) is 10.9. The average Bonchev–Trinajstić information content (AvgIpc) is 3.14. The molecule has 0 unspecified atom stereocenters. The van der Waals surface area contributed by atoms with E-state index in [0.29, 0.717) is 49.8 Å². The molecule has 2 aromatic carbocycles.